The summed E-state index contributed by atoms with van der Waals surface area (Å²) in [5.41, 5.74) is -0.752. The highest BCUT2D eigenvalue weighted by molar-refractivity contribution is 7.89. The van der Waals surface area contributed by atoms with Crippen molar-refractivity contribution in [1.82, 2.24) is 28.3 Å². The number of piperidine rings is 1. The molecule has 162 valence electrons. The van der Waals surface area contributed by atoms with Crippen LogP contribution in [0.15, 0.2) is 29.9 Å². The van der Waals surface area contributed by atoms with Gasteiger partial charge in [0.1, 0.15) is 11.4 Å². The molecule has 1 unspecified atom stereocenters. The average Bonchev–Trinajstić information content (AvgIpc) is 3.49. The van der Waals surface area contributed by atoms with Crippen LogP contribution in [0, 0.1) is 0 Å². The number of nitrogens with zero attached hydrogens (tertiary/aromatic N) is 6. The van der Waals surface area contributed by atoms with E-state index in [0.717, 1.165) is 31.8 Å². The monoisotopic (exact) mass is 434 g/mol. The Balaban J connectivity index is 1.37. The first-order valence-electron chi connectivity index (χ1n) is 10.4. The molecule has 0 saturated carbocycles. The van der Waals surface area contributed by atoms with Crippen LogP contribution in [0.5, 0.6) is 0 Å². The van der Waals surface area contributed by atoms with Gasteiger partial charge in [-0.2, -0.15) is 4.31 Å². The quantitative estimate of drug-likeness (QED) is 0.689. The van der Waals surface area contributed by atoms with Crippen molar-refractivity contribution in [3.63, 3.8) is 0 Å². The van der Waals surface area contributed by atoms with Gasteiger partial charge >= 0.3 is 0 Å². The number of likely N-dealkylation sites (tertiary alicyclic amines) is 1. The summed E-state index contributed by atoms with van der Waals surface area (Å²) in [6, 6.07) is 0. The van der Waals surface area contributed by atoms with Crippen molar-refractivity contribution in [3.8, 4) is 0 Å². The van der Waals surface area contributed by atoms with Crippen molar-refractivity contribution < 1.29 is 17.9 Å². The number of hydrogen-bond donors (Lipinski definition) is 0. The molecule has 2 fully saturated rings. The van der Waals surface area contributed by atoms with Crippen molar-refractivity contribution in [2.24, 2.45) is 7.05 Å². The summed E-state index contributed by atoms with van der Waals surface area (Å²) in [7, 11) is -1.92. The van der Waals surface area contributed by atoms with Crippen LogP contribution >= 0.6 is 0 Å². The Bertz CT molecular complexity index is 1050. The van der Waals surface area contributed by atoms with Crippen molar-refractivity contribution in [2.75, 3.05) is 26.2 Å². The van der Waals surface area contributed by atoms with Crippen molar-refractivity contribution in [3.05, 3.63) is 30.7 Å². The van der Waals surface area contributed by atoms with E-state index in [1.54, 1.807) is 17.8 Å². The fourth-order valence-corrected chi connectivity index (χ4v) is 6.16. The van der Waals surface area contributed by atoms with Gasteiger partial charge in [-0.3, -0.25) is 4.79 Å². The van der Waals surface area contributed by atoms with Gasteiger partial charge in [0.05, 0.1) is 12.9 Å². The van der Waals surface area contributed by atoms with Gasteiger partial charge in [-0.15, -0.1) is 0 Å². The van der Waals surface area contributed by atoms with Crippen molar-refractivity contribution in [1.29, 1.82) is 0 Å². The molecule has 1 amide bonds. The maximum atomic E-state index is 13.0. The Hall–Kier alpha value is -2.24. The summed E-state index contributed by atoms with van der Waals surface area (Å²) in [5.74, 6) is 0.803. The number of sulfonamides is 1. The predicted molar refractivity (Wildman–Crippen MR) is 106 cm³/mol. The topological polar surface area (TPSA) is 103 Å². The van der Waals surface area contributed by atoms with E-state index in [1.807, 2.05) is 15.7 Å². The number of fused-ring (bicyclic) bond motifs is 2. The van der Waals surface area contributed by atoms with Crippen LogP contribution in [0.25, 0.3) is 0 Å². The zero-order valence-electron chi connectivity index (χ0n) is 17.0. The van der Waals surface area contributed by atoms with E-state index in [-0.39, 0.29) is 24.0 Å². The fraction of sp³-hybridized carbons (Fsp3) is 0.632. The minimum absolute atomic E-state index is 0.0229. The van der Waals surface area contributed by atoms with E-state index in [1.165, 1.54) is 16.8 Å². The number of carbonyl (C=O) groups excluding carboxylic acids is 1. The smallest absolute Gasteiger partial charge is 0.262 e. The molecule has 2 aromatic rings. The molecule has 2 aromatic heterocycles. The molecule has 0 N–H and O–H groups in total. The van der Waals surface area contributed by atoms with E-state index in [9.17, 15) is 13.2 Å². The molecule has 1 spiro atoms. The van der Waals surface area contributed by atoms with Crippen LogP contribution < -0.4 is 0 Å². The fourth-order valence-electron chi connectivity index (χ4n) is 4.75. The molecule has 11 heteroatoms. The van der Waals surface area contributed by atoms with Gasteiger partial charge < -0.3 is 18.8 Å². The lowest BCUT2D eigenvalue weighted by atomic mass is 9.89. The van der Waals surface area contributed by atoms with Gasteiger partial charge in [0.2, 0.25) is 0 Å². The first kappa shape index (κ1) is 19.7. The summed E-state index contributed by atoms with van der Waals surface area (Å²) in [6.07, 6.45) is 8.97. The molecular formula is C19H26N6O4S. The lowest BCUT2D eigenvalue weighted by molar-refractivity contribution is -0.178. The van der Waals surface area contributed by atoms with E-state index < -0.39 is 21.7 Å². The van der Waals surface area contributed by atoms with E-state index in [4.69, 9.17) is 4.74 Å². The number of carbonyl (C=O) groups is 1. The van der Waals surface area contributed by atoms with Crippen molar-refractivity contribution in [2.45, 2.75) is 49.0 Å². The molecule has 3 aliphatic heterocycles. The summed E-state index contributed by atoms with van der Waals surface area (Å²) in [6.45, 7) is 2.58. The number of aromatic nitrogens is 4. The molecule has 10 nitrogen and oxygen atoms in total. The lowest BCUT2D eigenvalue weighted by Gasteiger charge is -2.45. The average molecular weight is 435 g/mol. The van der Waals surface area contributed by atoms with Crippen LogP contribution in [0.1, 0.15) is 31.5 Å². The molecule has 30 heavy (non-hydrogen) atoms. The Morgan fingerprint density at radius 1 is 1.17 bits per heavy atom. The van der Waals surface area contributed by atoms with E-state index in [0.29, 0.717) is 19.4 Å². The molecule has 0 bridgehead atoms. The minimum atomic E-state index is -3.66. The Morgan fingerprint density at radius 3 is 2.57 bits per heavy atom. The maximum Gasteiger partial charge on any atom is 0.262 e. The van der Waals surface area contributed by atoms with E-state index in [2.05, 4.69) is 9.97 Å². The second-order valence-electron chi connectivity index (χ2n) is 8.32. The molecule has 5 rings (SSSR count). The first-order chi connectivity index (χ1) is 14.4. The third-order valence-corrected chi connectivity index (χ3v) is 8.15. The van der Waals surface area contributed by atoms with E-state index >= 15 is 0 Å². The predicted octanol–water partition coefficient (Wildman–Crippen LogP) is 0.318. The summed E-state index contributed by atoms with van der Waals surface area (Å²) in [4.78, 5) is 23.4. The van der Waals surface area contributed by atoms with Crippen LogP contribution in [-0.2, 0) is 38.7 Å². The highest BCUT2D eigenvalue weighted by Gasteiger charge is 2.49. The molecule has 3 aliphatic rings. The number of amides is 1. The highest BCUT2D eigenvalue weighted by atomic mass is 32.2. The van der Waals surface area contributed by atoms with Gasteiger partial charge in [-0.25, -0.2) is 18.4 Å². The SMILES string of the molecule is Cn1cnc(S(=O)(=O)N2CCC3(CC2)OC(C(=O)N2CCCC2)Cn2ccnc23)c1. The normalized spacial score (nSPS) is 24.3. The van der Waals surface area contributed by atoms with Crippen LogP contribution in [0.2, 0.25) is 0 Å². The number of rotatable bonds is 3. The lowest BCUT2D eigenvalue weighted by Crippen LogP contribution is -2.55. The zero-order valence-corrected chi connectivity index (χ0v) is 17.8. The Kier molecular flexibility index (Phi) is 4.71. The largest absolute Gasteiger partial charge is 0.352 e. The molecule has 5 heterocycles. The molecular weight excluding hydrogens is 408 g/mol. The Labute approximate surface area is 175 Å². The molecule has 0 aliphatic carbocycles. The third-order valence-electron chi connectivity index (χ3n) is 6.36. The van der Waals surface area contributed by atoms with Crippen LogP contribution in [0.4, 0.5) is 0 Å². The second kappa shape index (κ2) is 7.17. The van der Waals surface area contributed by atoms with Gasteiger partial charge in [0.25, 0.3) is 15.9 Å². The minimum Gasteiger partial charge on any atom is -0.352 e. The summed E-state index contributed by atoms with van der Waals surface area (Å²) in [5, 5.41) is 0.0501. The molecule has 2 saturated heterocycles. The van der Waals surface area contributed by atoms with Gasteiger partial charge in [0, 0.05) is 51.8 Å². The standard InChI is InChI=1S/C19H26N6O4S/c1-22-13-16(21-14-22)30(27,28)25-9-4-19(5-10-25)18-20-6-11-24(18)12-15(29-19)17(26)23-7-2-3-8-23/h6,11,13-15H,2-5,7-10,12H2,1H3. The highest BCUT2D eigenvalue weighted by Crippen LogP contribution is 2.41. The third kappa shape index (κ3) is 3.15. The molecule has 0 aromatic carbocycles. The van der Waals surface area contributed by atoms with Crippen LogP contribution in [0.3, 0.4) is 0 Å². The number of hydrogen-bond acceptors (Lipinski definition) is 6. The Morgan fingerprint density at radius 2 is 1.90 bits per heavy atom. The van der Waals surface area contributed by atoms with Crippen LogP contribution in [-0.4, -0.2) is 74.9 Å². The van der Waals surface area contributed by atoms with Gasteiger partial charge in [-0.1, -0.05) is 0 Å². The maximum absolute atomic E-state index is 13.0. The summed E-state index contributed by atoms with van der Waals surface area (Å²) < 4.78 is 37.4. The summed E-state index contributed by atoms with van der Waals surface area (Å²) >= 11 is 0. The molecule has 1 atom stereocenters. The molecule has 0 radical (unpaired) electrons. The number of ether oxygens (including phenoxy) is 1. The zero-order chi connectivity index (χ0) is 20.9. The number of aryl methyl sites for hydroxylation is 1. The van der Waals surface area contributed by atoms with Gasteiger partial charge in [0.15, 0.2) is 11.1 Å². The van der Waals surface area contributed by atoms with Gasteiger partial charge in [-0.05, 0) is 25.7 Å². The number of imidazole rings is 2. The van der Waals surface area contributed by atoms with Crippen molar-refractivity contribution >= 4 is 15.9 Å². The first-order valence-corrected chi connectivity index (χ1v) is 11.8. The second-order valence-corrected chi connectivity index (χ2v) is 10.2.